The second-order valence-electron chi connectivity index (χ2n) is 3.26. The number of halogens is 1. The van der Waals surface area contributed by atoms with Crippen molar-refractivity contribution in [3.8, 4) is 0 Å². The normalized spacial score (nSPS) is 11.4. The first-order valence-electron chi connectivity index (χ1n) is 4.67. The van der Waals surface area contributed by atoms with Crippen LogP contribution in [0.15, 0.2) is 23.1 Å². The van der Waals surface area contributed by atoms with Crippen LogP contribution < -0.4 is 4.72 Å². The average Bonchev–Trinajstić information content (AvgIpc) is 2.22. The minimum atomic E-state index is -3.54. The Morgan fingerprint density at radius 1 is 1.44 bits per heavy atom. The number of aldehydes is 1. The molecule has 1 rings (SSSR count). The molecule has 6 heteroatoms. The van der Waals surface area contributed by atoms with E-state index in [1.54, 1.807) is 6.92 Å². The molecule has 16 heavy (non-hydrogen) atoms. The van der Waals surface area contributed by atoms with Crippen molar-refractivity contribution in [3.05, 3.63) is 28.8 Å². The molecule has 0 aliphatic heterocycles. The van der Waals surface area contributed by atoms with Crippen molar-refractivity contribution in [1.29, 1.82) is 0 Å². The first-order chi connectivity index (χ1) is 7.47. The Balaban J connectivity index is 2.90. The molecule has 1 aromatic carbocycles. The van der Waals surface area contributed by atoms with E-state index < -0.39 is 10.0 Å². The zero-order chi connectivity index (χ0) is 12.2. The molecule has 88 valence electrons. The van der Waals surface area contributed by atoms with Gasteiger partial charge in [0.1, 0.15) is 6.29 Å². The lowest BCUT2D eigenvalue weighted by molar-refractivity contribution is -0.107. The minimum absolute atomic E-state index is 0.105. The van der Waals surface area contributed by atoms with Crippen LogP contribution in [0.3, 0.4) is 0 Å². The van der Waals surface area contributed by atoms with Gasteiger partial charge in [-0.05, 0) is 30.7 Å². The maximum absolute atomic E-state index is 11.7. The Hall–Kier alpha value is -0.910. The summed E-state index contributed by atoms with van der Waals surface area (Å²) in [5.74, 6) is 0. The van der Waals surface area contributed by atoms with Crippen LogP contribution in [-0.4, -0.2) is 21.2 Å². The van der Waals surface area contributed by atoms with E-state index in [1.807, 2.05) is 0 Å². The Bertz CT molecular complexity index is 485. The smallest absolute Gasteiger partial charge is 0.240 e. The molecule has 0 atom stereocenters. The summed E-state index contributed by atoms with van der Waals surface area (Å²) in [6.07, 6.45) is 0.821. The number of hydrogen-bond acceptors (Lipinski definition) is 3. The summed E-state index contributed by atoms with van der Waals surface area (Å²) < 4.78 is 25.7. The second-order valence-corrected chi connectivity index (χ2v) is 5.44. The van der Waals surface area contributed by atoms with Crippen molar-refractivity contribution in [2.24, 2.45) is 0 Å². The molecule has 0 radical (unpaired) electrons. The predicted molar refractivity (Wildman–Crippen MR) is 62.1 cm³/mol. The van der Waals surface area contributed by atoms with Gasteiger partial charge in [0.05, 0.1) is 4.90 Å². The number of nitrogens with one attached hydrogen (secondary N) is 1. The zero-order valence-electron chi connectivity index (χ0n) is 8.73. The molecule has 0 saturated carbocycles. The lowest BCUT2D eigenvalue weighted by Crippen LogP contribution is -2.25. The molecule has 0 spiro atoms. The van der Waals surface area contributed by atoms with Crippen molar-refractivity contribution in [2.45, 2.75) is 18.2 Å². The van der Waals surface area contributed by atoms with Crippen LogP contribution in [0.1, 0.15) is 12.0 Å². The fourth-order valence-electron chi connectivity index (χ4n) is 1.12. The summed E-state index contributed by atoms with van der Waals surface area (Å²) in [5.41, 5.74) is 0.694. The Labute approximate surface area is 99.7 Å². The molecule has 0 aromatic heterocycles. The number of carbonyl (C=O) groups excluding carboxylic acids is 1. The molecule has 0 amide bonds. The average molecular weight is 262 g/mol. The Morgan fingerprint density at radius 2 is 2.12 bits per heavy atom. The summed E-state index contributed by atoms with van der Waals surface area (Å²) in [6, 6.07) is 4.45. The molecule has 1 N–H and O–H groups in total. The van der Waals surface area contributed by atoms with Crippen LogP contribution in [0.4, 0.5) is 0 Å². The second kappa shape index (κ2) is 5.43. The SMILES string of the molecule is Cc1cc(S(=O)(=O)NCCC=O)ccc1Cl. The first kappa shape index (κ1) is 13.2. The number of benzene rings is 1. The van der Waals surface area contributed by atoms with Gasteiger partial charge in [-0.15, -0.1) is 0 Å². The van der Waals surface area contributed by atoms with Crippen LogP contribution in [0.2, 0.25) is 5.02 Å². The first-order valence-corrected chi connectivity index (χ1v) is 6.53. The molecule has 1 aromatic rings. The van der Waals surface area contributed by atoms with Gasteiger partial charge >= 0.3 is 0 Å². The standard InChI is InChI=1S/C10H12ClNO3S/c1-8-7-9(3-4-10(8)11)16(14,15)12-5-2-6-13/h3-4,6-7,12H,2,5H2,1H3. The monoisotopic (exact) mass is 261 g/mol. The predicted octanol–water partition coefficient (Wildman–Crippen LogP) is 1.52. The quantitative estimate of drug-likeness (QED) is 0.646. The largest absolute Gasteiger partial charge is 0.303 e. The number of sulfonamides is 1. The fourth-order valence-corrected chi connectivity index (χ4v) is 2.37. The highest BCUT2D eigenvalue weighted by Crippen LogP contribution is 2.19. The molecule has 0 heterocycles. The Morgan fingerprint density at radius 3 is 2.69 bits per heavy atom. The maximum atomic E-state index is 11.7. The van der Waals surface area contributed by atoms with Crippen LogP contribution in [0, 0.1) is 6.92 Å². The molecule has 4 nitrogen and oxygen atoms in total. The lowest BCUT2D eigenvalue weighted by atomic mass is 10.2. The summed E-state index contributed by atoms with van der Waals surface area (Å²) in [6.45, 7) is 1.83. The van der Waals surface area contributed by atoms with Crippen molar-refractivity contribution < 1.29 is 13.2 Å². The third-order valence-corrected chi connectivity index (χ3v) is 3.88. The number of aryl methyl sites for hydroxylation is 1. The van der Waals surface area contributed by atoms with Gasteiger partial charge in [0.25, 0.3) is 0 Å². The topological polar surface area (TPSA) is 63.2 Å². The van der Waals surface area contributed by atoms with Gasteiger partial charge in [0.2, 0.25) is 10.0 Å². The van der Waals surface area contributed by atoms with Gasteiger partial charge in [-0.2, -0.15) is 0 Å². The van der Waals surface area contributed by atoms with Gasteiger partial charge in [-0.3, -0.25) is 0 Å². The van der Waals surface area contributed by atoms with E-state index in [0.29, 0.717) is 16.9 Å². The molecule has 0 fully saturated rings. The van der Waals surface area contributed by atoms with E-state index in [2.05, 4.69) is 4.72 Å². The van der Waals surface area contributed by atoms with Crippen LogP contribution in [0.5, 0.6) is 0 Å². The van der Waals surface area contributed by atoms with Crippen LogP contribution in [-0.2, 0) is 14.8 Å². The van der Waals surface area contributed by atoms with E-state index in [0.717, 1.165) is 0 Å². The van der Waals surface area contributed by atoms with Gasteiger partial charge in [0.15, 0.2) is 0 Å². The highest BCUT2D eigenvalue weighted by molar-refractivity contribution is 7.89. The summed E-state index contributed by atoms with van der Waals surface area (Å²) in [5, 5.41) is 0.520. The summed E-state index contributed by atoms with van der Waals surface area (Å²) >= 11 is 5.80. The van der Waals surface area contributed by atoms with E-state index in [1.165, 1.54) is 18.2 Å². The third-order valence-electron chi connectivity index (χ3n) is 1.99. The number of hydrogen-bond donors (Lipinski definition) is 1. The Kier molecular flexibility index (Phi) is 4.46. The van der Waals surface area contributed by atoms with E-state index >= 15 is 0 Å². The van der Waals surface area contributed by atoms with Gasteiger partial charge < -0.3 is 4.79 Å². The molecular formula is C10H12ClNO3S. The molecule has 0 aliphatic rings. The van der Waals surface area contributed by atoms with Gasteiger partial charge in [-0.25, -0.2) is 13.1 Å². The summed E-state index contributed by atoms with van der Waals surface area (Å²) in [7, 11) is -3.54. The maximum Gasteiger partial charge on any atom is 0.240 e. The fraction of sp³-hybridized carbons (Fsp3) is 0.300. The van der Waals surface area contributed by atoms with Crippen molar-refractivity contribution >= 4 is 27.9 Å². The van der Waals surface area contributed by atoms with Gasteiger partial charge in [0, 0.05) is 18.0 Å². The molecule has 0 unspecified atom stereocenters. The van der Waals surface area contributed by atoms with Crippen molar-refractivity contribution in [2.75, 3.05) is 6.54 Å². The molecule has 0 aliphatic carbocycles. The van der Waals surface area contributed by atoms with Crippen molar-refractivity contribution in [1.82, 2.24) is 4.72 Å². The van der Waals surface area contributed by atoms with E-state index in [9.17, 15) is 13.2 Å². The molecule has 0 saturated heterocycles. The minimum Gasteiger partial charge on any atom is -0.303 e. The van der Waals surface area contributed by atoms with Crippen molar-refractivity contribution in [3.63, 3.8) is 0 Å². The lowest BCUT2D eigenvalue weighted by Gasteiger charge is -2.06. The zero-order valence-corrected chi connectivity index (χ0v) is 10.3. The highest BCUT2D eigenvalue weighted by Gasteiger charge is 2.13. The highest BCUT2D eigenvalue weighted by atomic mass is 35.5. The van der Waals surface area contributed by atoms with Crippen LogP contribution in [0.25, 0.3) is 0 Å². The van der Waals surface area contributed by atoms with Crippen LogP contribution >= 0.6 is 11.6 Å². The number of rotatable bonds is 5. The molecule has 0 bridgehead atoms. The van der Waals surface area contributed by atoms with E-state index in [-0.39, 0.29) is 17.9 Å². The van der Waals surface area contributed by atoms with E-state index in [4.69, 9.17) is 11.6 Å². The summed E-state index contributed by atoms with van der Waals surface area (Å²) in [4.78, 5) is 10.2. The van der Waals surface area contributed by atoms with Gasteiger partial charge in [-0.1, -0.05) is 11.6 Å². The molecular weight excluding hydrogens is 250 g/mol. The third kappa shape index (κ3) is 3.30. The number of carbonyl (C=O) groups is 1.